The van der Waals surface area contributed by atoms with Gasteiger partial charge in [0.25, 0.3) is 0 Å². The maximum absolute atomic E-state index is 3.83. The summed E-state index contributed by atoms with van der Waals surface area (Å²) in [5, 5.41) is 0. The van der Waals surface area contributed by atoms with Gasteiger partial charge in [0.2, 0.25) is 0 Å². The van der Waals surface area contributed by atoms with Crippen molar-refractivity contribution in [2.45, 2.75) is 27.2 Å². The monoisotopic (exact) mass is 216 g/mol. The van der Waals surface area contributed by atoms with Gasteiger partial charge in [-0.1, -0.05) is 49.1 Å². The first-order valence-electron chi connectivity index (χ1n) is 5.40. The van der Waals surface area contributed by atoms with Crippen molar-refractivity contribution in [3.63, 3.8) is 0 Å². The molecule has 0 aromatic heterocycles. The lowest BCUT2D eigenvalue weighted by Gasteiger charge is -2.02. The Labute approximate surface area is 101 Å². The first-order valence-corrected chi connectivity index (χ1v) is 5.40. The van der Waals surface area contributed by atoms with Crippen LogP contribution in [0.1, 0.15) is 27.2 Å². The van der Waals surface area contributed by atoms with E-state index in [1.165, 1.54) is 11.1 Å². The van der Waals surface area contributed by atoms with Crippen LogP contribution in [0.5, 0.6) is 0 Å². The minimum absolute atomic E-state index is 0.945. The molecule has 0 aromatic rings. The highest BCUT2D eigenvalue weighted by molar-refractivity contribution is 5.32. The second-order valence-corrected chi connectivity index (χ2v) is 3.29. The summed E-state index contributed by atoms with van der Waals surface area (Å²) in [5.74, 6) is 0. The highest BCUT2D eigenvalue weighted by Gasteiger charge is 1.93. The molecule has 0 bridgehead atoms. The summed E-state index contributed by atoms with van der Waals surface area (Å²) in [4.78, 5) is 0. The summed E-state index contributed by atoms with van der Waals surface area (Å²) >= 11 is 0. The number of hydrogen-bond donors (Lipinski definition) is 0. The maximum atomic E-state index is 3.83. The molecule has 0 aliphatic heterocycles. The van der Waals surface area contributed by atoms with Crippen LogP contribution >= 0.6 is 0 Å². The van der Waals surface area contributed by atoms with Gasteiger partial charge in [0.15, 0.2) is 0 Å². The van der Waals surface area contributed by atoms with E-state index < -0.39 is 0 Å². The zero-order valence-electron chi connectivity index (χ0n) is 10.9. The fraction of sp³-hybridized carbons (Fsp3) is 0.250. The van der Waals surface area contributed by atoms with Crippen LogP contribution in [0.3, 0.4) is 0 Å². The Hall–Kier alpha value is -1.56. The SMILES string of the molecule is C=C.C=C/C(=C\C)CC(/C=C\C(=C)C)=C/C. The van der Waals surface area contributed by atoms with Crippen LogP contribution in [0.4, 0.5) is 0 Å². The second-order valence-electron chi connectivity index (χ2n) is 3.29. The van der Waals surface area contributed by atoms with E-state index in [2.05, 4.69) is 51.5 Å². The second kappa shape index (κ2) is 11.5. The van der Waals surface area contributed by atoms with Crippen LogP contribution in [-0.2, 0) is 0 Å². The smallest absolute Gasteiger partial charge is 0.00325 e. The van der Waals surface area contributed by atoms with Crippen molar-refractivity contribution in [2.75, 3.05) is 0 Å². The van der Waals surface area contributed by atoms with Crippen LogP contribution in [-0.4, -0.2) is 0 Å². The predicted octanol–water partition coefficient (Wildman–Crippen LogP) is 5.39. The largest absolute Gasteiger partial charge is 0.106 e. The fourth-order valence-corrected chi connectivity index (χ4v) is 1.03. The van der Waals surface area contributed by atoms with E-state index in [-0.39, 0.29) is 0 Å². The lowest BCUT2D eigenvalue weighted by atomic mass is 10.0. The molecule has 0 nitrogen and oxygen atoms in total. The number of allylic oxidation sites excluding steroid dienone is 8. The Morgan fingerprint density at radius 3 is 1.81 bits per heavy atom. The van der Waals surface area contributed by atoms with Crippen LogP contribution < -0.4 is 0 Å². The highest BCUT2D eigenvalue weighted by Crippen LogP contribution is 2.13. The van der Waals surface area contributed by atoms with Crippen molar-refractivity contribution in [1.82, 2.24) is 0 Å². The van der Waals surface area contributed by atoms with Gasteiger partial charge in [0, 0.05) is 0 Å². The van der Waals surface area contributed by atoms with Crippen LogP contribution in [0.25, 0.3) is 0 Å². The Morgan fingerprint density at radius 2 is 1.50 bits per heavy atom. The molecule has 0 aliphatic carbocycles. The Morgan fingerprint density at radius 1 is 1.00 bits per heavy atom. The Bertz CT molecular complexity index is 298. The van der Waals surface area contributed by atoms with Gasteiger partial charge in [-0.25, -0.2) is 0 Å². The first-order chi connectivity index (χ1) is 7.63. The summed E-state index contributed by atoms with van der Waals surface area (Å²) in [6.07, 6.45) is 11.2. The van der Waals surface area contributed by atoms with E-state index in [1.807, 2.05) is 26.0 Å². The molecule has 0 unspecified atom stereocenters. The zero-order valence-corrected chi connectivity index (χ0v) is 10.9. The van der Waals surface area contributed by atoms with Gasteiger partial charge in [-0.05, 0) is 38.3 Å². The molecule has 0 spiro atoms. The van der Waals surface area contributed by atoms with E-state index in [9.17, 15) is 0 Å². The first kappa shape index (κ1) is 16.9. The minimum Gasteiger partial charge on any atom is -0.106 e. The van der Waals surface area contributed by atoms with E-state index in [4.69, 9.17) is 0 Å². The standard InChI is InChI=1S/C14H20.C2H4/c1-6-13(7-2)11-14(8-3)10-9-12(4)5;1-2/h6-10H,1,4,11H2,2-3,5H3;1-2H2/b10-9-,13-7+,14-8+;. The van der Waals surface area contributed by atoms with Gasteiger partial charge in [0.1, 0.15) is 0 Å². The molecule has 88 valence electrons. The summed E-state index contributed by atoms with van der Waals surface area (Å²) in [5.41, 5.74) is 3.62. The molecule has 0 rings (SSSR count). The van der Waals surface area contributed by atoms with E-state index in [0.29, 0.717) is 0 Å². The molecule has 0 heterocycles. The Balaban J connectivity index is 0. The predicted molar refractivity (Wildman–Crippen MR) is 77.5 cm³/mol. The van der Waals surface area contributed by atoms with Gasteiger partial charge in [-0.3, -0.25) is 0 Å². The van der Waals surface area contributed by atoms with Crippen LogP contribution in [0.15, 0.2) is 73.4 Å². The molecule has 0 aromatic carbocycles. The van der Waals surface area contributed by atoms with Crippen molar-refractivity contribution < 1.29 is 0 Å². The van der Waals surface area contributed by atoms with Crippen LogP contribution in [0, 0.1) is 0 Å². The van der Waals surface area contributed by atoms with Gasteiger partial charge >= 0.3 is 0 Å². The fourth-order valence-electron chi connectivity index (χ4n) is 1.03. The third-order valence-corrected chi connectivity index (χ3v) is 1.99. The van der Waals surface area contributed by atoms with Crippen molar-refractivity contribution >= 4 is 0 Å². The summed E-state index contributed by atoms with van der Waals surface area (Å²) in [7, 11) is 0. The van der Waals surface area contributed by atoms with Gasteiger partial charge in [0.05, 0.1) is 0 Å². The molecule has 16 heavy (non-hydrogen) atoms. The third kappa shape index (κ3) is 9.01. The molecule has 0 saturated heterocycles. The summed E-state index contributed by atoms with van der Waals surface area (Å²) in [6, 6.07) is 0. The Kier molecular flexibility index (Phi) is 12.1. The van der Waals surface area contributed by atoms with Gasteiger partial charge in [-0.15, -0.1) is 13.2 Å². The van der Waals surface area contributed by atoms with Crippen LogP contribution in [0.2, 0.25) is 0 Å². The molecule has 0 saturated carbocycles. The van der Waals surface area contributed by atoms with E-state index in [0.717, 1.165) is 12.0 Å². The van der Waals surface area contributed by atoms with Crippen molar-refractivity contribution in [3.8, 4) is 0 Å². The normalized spacial score (nSPS) is 11.9. The average molecular weight is 216 g/mol. The van der Waals surface area contributed by atoms with E-state index >= 15 is 0 Å². The molecule has 0 N–H and O–H groups in total. The number of rotatable bonds is 5. The molecule has 0 aliphatic rings. The molecular weight excluding hydrogens is 192 g/mol. The van der Waals surface area contributed by atoms with Crippen molar-refractivity contribution in [1.29, 1.82) is 0 Å². The van der Waals surface area contributed by atoms with Crippen molar-refractivity contribution in [2.24, 2.45) is 0 Å². The van der Waals surface area contributed by atoms with Gasteiger partial charge < -0.3 is 0 Å². The topological polar surface area (TPSA) is 0 Å². The molecule has 0 radical (unpaired) electrons. The highest BCUT2D eigenvalue weighted by atomic mass is 14.0. The molecule has 0 atom stereocenters. The zero-order chi connectivity index (χ0) is 13.0. The third-order valence-electron chi connectivity index (χ3n) is 1.99. The van der Waals surface area contributed by atoms with Crippen molar-refractivity contribution in [3.05, 3.63) is 73.4 Å². The molecular formula is C16H24. The molecule has 0 fully saturated rings. The molecule has 0 heteroatoms. The summed E-state index contributed by atoms with van der Waals surface area (Å²) < 4.78 is 0. The average Bonchev–Trinajstić information content (AvgIpc) is 2.32. The quantitative estimate of drug-likeness (QED) is 0.427. The lowest BCUT2D eigenvalue weighted by Crippen LogP contribution is -1.82. The van der Waals surface area contributed by atoms with Gasteiger partial charge in [-0.2, -0.15) is 0 Å². The number of hydrogen-bond acceptors (Lipinski definition) is 0. The minimum atomic E-state index is 0.945. The molecule has 0 amide bonds. The lowest BCUT2D eigenvalue weighted by molar-refractivity contribution is 1.19. The van der Waals surface area contributed by atoms with E-state index in [1.54, 1.807) is 0 Å². The summed E-state index contributed by atoms with van der Waals surface area (Å²) in [6.45, 7) is 19.7. The maximum Gasteiger partial charge on any atom is -0.00325 e.